The van der Waals surface area contributed by atoms with Crippen molar-refractivity contribution in [3.63, 3.8) is 0 Å². The van der Waals surface area contributed by atoms with Gasteiger partial charge in [-0.2, -0.15) is 0 Å². The normalized spacial score (nSPS) is 21.7. The van der Waals surface area contributed by atoms with E-state index in [-0.39, 0.29) is 29.6 Å². The first-order valence-corrected chi connectivity index (χ1v) is 9.77. The minimum Gasteiger partial charge on any atom is -0.497 e. The van der Waals surface area contributed by atoms with Crippen molar-refractivity contribution < 1.29 is 18.7 Å². The lowest BCUT2D eigenvalue weighted by Crippen LogP contribution is -2.29. The first-order chi connectivity index (χ1) is 13.5. The molecule has 2 fully saturated rings. The van der Waals surface area contributed by atoms with Gasteiger partial charge in [0.1, 0.15) is 17.3 Å². The molecule has 0 radical (unpaired) electrons. The molecule has 3 atom stereocenters. The van der Waals surface area contributed by atoms with Gasteiger partial charge in [-0.15, -0.1) is 0 Å². The highest BCUT2D eigenvalue weighted by Gasteiger charge is 2.45. The molecule has 5 nitrogen and oxygen atoms in total. The van der Waals surface area contributed by atoms with Crippen molar-refractivity contribution in [1.82, 2.24) is 10.3 Å². The van der Waals surface area contributed by atoms with Crippen LogP contribution in [0, 0.1) is 17.7 Å². The molecule has 1 aromatic carbocycles. The third-order valence-corrected chi connectivity index (χ3v) is 5.48. The number of nitrogens with zero attached hydrogens (tertiary/aromatic N) is 1. The predicted molar refractivity (Wildman–Crippen MR) is 103 cm³/mol. The van der Waals surface area contributed by atoms with E-state index in [4.69, 9.17) is 9.47 Å². The number of hydrogen-bond donors (Lipinski definition) is 1. The maximum atomic E-state index is 14.2. The zero-order chi connectivity index (χ0) is 19.7. The molecule has 2 saturated carbocycles. The molecule has 148 valence electrons. The number of benzene rings is 1. The molecule has 1 heterocycles. The monoisotopic (exact) mass is 384 g/mol. The van der Waals surface area contributed by atoms with Gasteiger partial charge in [0.05, 0.1) is 31.6 Å². The van der Waals surface area contributed by atoms with Crippen molar-refractivity contribution in [3.8, 4) is 11.5 Å². The first kappa shape index (κ1) is 18.7. The molecule has 0 spiro atoms. The van der Waals surface area contributed by atoms with Crippen LogP contribution in [0.2, 0.25) is 0 Å². The number of methoxy groups -OCH3 is 1. The standard InChI is InChI=1S/C22H25FN2O3/c1-13(21-8-6-16(11-24-21)28-12-14-3-4-14)25-22(26)19-10-18(19)17-7-5-15(27-2)9-20(17)23/h5-9,11,13-14,18-19H,3-4,10,12H2,1-2H3,(H,25,26)/t13-,18+,19-/m1/s1. The molecule has 6 heteroatoms. The van der Waals surface area contributed by atoms with Crippen molar-refractivity contribution in [2.45, 2.75) is 38.1 Å². The van der Waals surface area contributed by atoms with Gasteiger partial charge in [0, 0.05) is 12.0 Å². The average molecular weight is 384 g/mol. The van der Waals surface area contributed by atoms with Crippen LogP contribution in [0.1, 0.15) is 49.4 Å². The Hall–Kier alpha value is -2.63. The molecule has 1 amide bonds. The Morgan fingerprint density at radius 1 is 1.29 bits per heavy atom. The summed E-state index contributed by atoms with van der Waals surface area (Å²) in [7, 11) is 1.50. The summed E-state index contributed by atoms with van der Waals surface area (Å²) in [5.41, 5.74) is 1.35. The molecule has 4 rings (SSSR count). The largest absolute Gasteiger partial charge is 0.497 e. The number of aromatic nitrogens is 1. The highest BCUT2D eigenvalue weighted by molar-refractivity contribution is 5.83. The van der Waals surface area contributed by atoms with E-state index in [0.717, 1.165) is 18.1 Å². The summed E-state index contributed by atoms with van der Waals surface area (Å²) in [6.07, 6.45) is 4.85. The Balaban J connectivity index is 1.31. The van der Waals surface area contributed by atoms with Gasteiger partial charge >= 0.3 is 0 Å². The number of carbonyl (C=O) groups excluding carboxylic acids is 1. The van der Waals surface area contributed by atoms with E-state index < -0.39 is 0 Å². The Kier molecular flexibility index (Phi) is 5.20. The van der Waals surface area contributed by atoms with Crippen LogP contribution >= 0.6 is 0 Å². The van der Waals surface area contributed by atoms with Crippen LogP contribution in [0.5, 0.6) is 11.5 Å². The molecule has 1 aromatic heterocycles. The molecular formula is C22H25FN2O3. The second kappa shape index (κ2) is 7.78. The van der Waals surface area contributed by atoms with Gasteiger partial charge in [0.15, 0.2) is 0 Å². The highest BCUT2D eigenvalue weighted by Crippen LogP contribution is 2.49. The molecule has 0 aliphatic heterocycles. The Labute approximate surface area is 164 Å². The number of pyridine rings is 1. The molecule has 2 aliphatic carbocycles. The van der Waals surface area contributed by atoms with Crippen LogP contribution in [0.15, 0.2) is 36.5 Å². The molecule has 2 aromatic rings. The van der Waals surface area contributed by atoms with Crippen molar-refractivity contribution in [2.75, 3.05) is 13.7 Å². The summed E-state index contributed by atoms with van der Waals surface area (Å²) in [6, 6.07) is 8.35. The van der Waals surface area contributed by atoms with E-state index in [1.807, 2.05) is 19.1 Å². The topological polar surface area (TPSA) is 60.5 Å². The fraction of sp³-hybridized carbons (Fsp3) is 0.455. The van der Waals surface area contributed by atoms with Crippen LogP contribution in [-0.2, 0) is 4.79 Å². The fourth-order valence-corrected chi connectivity index (χ4v) is 3.39. The second-order valence-corrected chi connectivity index (χ2v) is 7.74. The summed E-state index contributed by atoms with van der Waals surface area (Å²) in [5.74, 6) is 1.26. The Morgan fingerprint density at radius 3 is 2.71 bits per heavy atom. The van der Waals surface area contributed by atoms with E-state index in [2.05, 4.69) is 10.3 Å². The van der Waals surface area contributed by atoms with Gasteiger partial charge in [-0.05, 0) is 61.8 Å². The summed E-state index contributed by atoms with van der Waals surface area (Å²) in [4.78, 5) is 17.0. The number of halogens is 1. The van der Waals surface area contributed by atoms with Crippen molar-refractivity contribution in [3.05, 3.63) is 53.6 Å². The van der Waals surface area contributed by atoms with E-state index in [1.54, 1.807) is 18.3 Å². The van der Waals surface area contributed by atoms with E-state index >= 15 is 0 Å². The van der Waals surface area contributed by atoms with Crippen molar-refractivity contribution in [2.24, 2.45) is 11.8 Å². The third-order valence-electron chi connectivity index (χ3n) is 5.48. The number of ether oxygens (including phenoxy) is 2. The lowest BCUT2D eigenvalue weighted by Gasteiger charge is -2.14. The number of hydrogen-bond acceptors (Lipinski definition) is 4. The maximum Gasteiger partial charge on any atom is 0.224 e. The van der Waals surface area contributed by atoms with Gasteiger partial charge in [0.2, 0.25) is 5.91 Å². The van der Waals surface area contributed by atoms with Crippen LogP contribution in [0.25, 0.3) is 0 Å². The van der Waals surface area contributed by atoms with Gasteiger partial charge in [0.25, 0.3) is 0 Å². The Morgan fingerprint density at radius 2 is 2.07 bits per heavy atom. The molecule has 2 aliphatic rings. The fourth-order valence-electron chi connectivity index (χ4n) is 3.39. The number of carbonyl (C=O) groups is 1. The van der Waals surface area contributed by atoms with Gasteiger partial charge in [-0.1, -0.05) is 6.07 Å². The van der Waals surface area contributed by atoms with Crippen LogP contribution < -0.4 is 14.8 Å². The van der Waals surface area contributed by atoms with E-state index in [1.165, 1.54) is 26.0 Å². The number of rotatable bonds is 8. The van der Waals surface area contributed by atoms with Gasteiger partial charge < -0.3 is 14.8 Å². The zero-order valence-electron chi connectivity index (χ0n) is 16.2. The summed E-state index contributed by atoms with van der Waals surface area (Å²) in [6.45, 7) is 2.65. The van der Waals surface area contributed by atoms with Gasteiger partial charge in [-0.3, -0.25) is 9.78 Å². The third kappa shape index (κ3) is 4.26. The smallest absolute Gasteiger partial charge is 0.224 e. The van der Waals surface area contributed by atoms with Gasteiger partial charge in [-0.25, -0.2) is 4.39 Å². The van der Waals surface area contributed by atoms with E-state index in [0.29, 0.717) is 23.7 Å². The molecular weight excluding hydrogens is 359 g/mol. The minimum absolute atomic E-state index is 0.0661. The van der Waals surface area contributed by atoms with Crippen LogP contribution in [-0.4, -0.2) is 24.6 Å². The SMILES string of the molecule is COc1ccc([C@@H]2C[C@H]2C(=O)N[C@H](C)c2ccc(OCC3CC3)cn2)c(F)c1. The number of nitrogens with one attached hydrogen (secondary N) is 1. The first-order valence-electron chi connectivity index (χ1n) is 9.77. The van der Waals surface area contributed by atoms with Crippen molar-refractivity contribution >= 4 is 5.91 Å². The zero-order valence-corrected chi connectivity index (χ0v) is 16.2. The molecule has 0 saturated heterocycles. The van der Waals surface area contributed by atoms with Crippen molar-refractivity contribution in [1.29, 1.82) is 0 Å². The number of amides is 1. The average Bonchev–Trinajstić information content (AvgIpc) is 3.61. The molecule has 28 heavy (non-hydrogen) atoms. The summed E-state index contributed by atoms with van der Waals surface area (Å²) < 4.78 is 24.9. The quantitative estimate of drug-likeness (QED) is 0.747. The van der Waals surface area contributed by atoms with Crippen LogP contribution in [0.3, 0.4) is 0 Å². The highest BCUT2D eigenvalue weighted by atomic mass is 19.1. The lowest BCUT2D eigenvalue weighted by atomic mass is 10.1. The van der Waals surface area contributed by atoms with E-state index in [9.17, 15) is 9.18 Å². The van der Waals surface area contributed by atoms with Crippen LogP contribution in [0.4, 0.5) is 4.39 Å². The molecule has 0 bridgehead atoms. The maximum absolute atomic E-state index is 14.2. The lowest BCUT2D eigenvalue weighted by molar-refractivity contribution is -0.123. The molecule has 1 N–H and O–H groups in total. The summed E-state index contributed by atoms with van der Waals surface area (Å²) >= 11 is 0. The second-order valence-electron chi connectivity index (χ2n) is 7.74. The predicted octanol–water partition coefficient (Wildman–Crippen LogP) is 4.00. The minimum atomic E-state index is -0.323. The summed E-state index contributed by atoms with van der Waals surface area (Å²) in [5, 5.41) is 2.99. The Bertz CT molecular complexity index is 851. The molecule has 0 unspecified atom stereocenters.